The number of nitrogens with zero attached hydrogens (tertiary/aromatic N) is 5. The van der Waals surface area contributed by atoms with Gasteiger partial charge in [-0.25, -0.2) is 9.38 Å². The lowest BCUT2D eigenvalue weighted by Crippen LogP contribution is -2.09. The Morgan fingerprint density at radius 1 is 1.23 bits per heavy atom. The molecule has 0 spiro atoms. The molecule has 2 aromatic rings. The Morgan fingerprint density at radius 3 is 2.55 bits per heavy atom. The van der Waals surface area contributed by atoms with Gasteiger partial charge in [0.1, 0.15) is 5.82 Å². The van der Waals surface area contributed by atoms with E-state index in [1.807, 2.05) is 56.4 Å². The monoisotopic (exact) mass is 417 g/mol. The van der Waals surface area contributed by atoms with E-state index in [0.717, 1.165) is 11.3 Å². The van der Waals surface area contributed by atoms with Gasteiger partial charge in [0.25, 0.3) is 0 Å². The van der Waals surface area contributed by atoms with Gasteiger partial charge in [-0.05, 0) is 44.3 Å². The molecular weight excluding hydrogens is 389 g/mol. The van der Waals surface area contributed by atoms with E-state index in [0.29, 0.717) is 28.4 Å². The summed E-state index contributed by atoms with van der Waals surface area (Å²) in [4.78, 5) is 10.3. The molecule has 0 fully saturated rings. The molecule has 160 valence electrons. The van der Waals surface area contributed by atoms with Gasteiger partial charge in [0.05, 0.1) is 11.4 Å². The van der Waals surface area contributed by atoms with E-state index in [9.17, 15) is 4.39 Å². The minimum atomic E-state index is -0.258. The number of halogens is 1. The lowest BCUT2D eigenvalue weighted by molar-refractivity contribution is 0.614. The number of aliphatic imine (C=N–C) groups is 2. The third kappa shape index (κ3) is 6.34. The summed E-state index contributed by atoms with van der Waals surface area (Å²) < 4.78 is 15.6. The number of aryl methyl sites for hydroxylation is 3. The first-order valence-corrected chi connectivity index (χ1v) is 9.68. The normalized spacial score (nSPS) is 12.5. The molecule has 0 atom stereocenters. The highest BCUT2D eigenvalue weighted by Gasteiger charge is 2.08. The van der Waals surface area contributed by atoms with Gasteiger partial charge in [-0.1, -0.05) is 37.4 Å². The van der Waals surface area contributed by atoms with Crippen LogP contribution in [0.15, 0.2) is 89.7 Å². The Morgan fingerprint density at radius 2 is 1.97 bits per heavy atom. The number of allylic oxidation sites excluding steroid dienone is 5. The first-order valence-electron chi connectivity index (χ1n) is 9.68. The molecule has 31 heavy (non-hydrogen) atoms. The molecule has 0 saturated carbocycles. The number of hydrogen-bond acceptors (Lipinski definition) is 4. The molecule has 1 heterocycles. The second-order valence-corrected chi connectivity index (χ2v) is 6.96. The molecule has 6 heteroatoms. The molecule has 0 bridgehead atoms. The van der Waals surface area contributed by atoms with Crippen molar-refractivity contribution in [3.05, 3.63) is 102 Å². The van der Waals surface area contributed by atoms with Crippen molar-refractivity contribution in [3.63, 3.8) is 0 Å². The van der Waals surface area contributed by atoms with E-state index >= 15 is 0 Å². The quantitative estimate of drug-likeness (QED) is 0.389. The minimum Gasteiger partial charge on any atom is -0.351 e. The molecule has 0 saturated heterocycles. The zero-order valence-corrected chi connectivity index (χ0v) is 18.5. The maximum Gasteiger partial charge on any atom is 0.151 e. The number of hydrogen-bond donors (Lipinski definition) is 0. The lowest BCUT2D eigenvalue weighted by Gasteiger charge is -2.18. The molecular formula is C25H28FN5. The molecule has 0 N–H and O–H groups in total. The Hall–Kier alpha value is -3.80. The van der Waals surface area contributed by atoms with Crippen LogP contribution in [0.25, 0.3) is 5.70 Å². The maximum atomic E-state index is 13.9. The Kier molecular flexibility index (Phi) is 8.20. The first-order chi connectivity index (χ1) is 14.8. The second-order valence-electron chi connectivity index (χ2n) is 6.96. The van der Waals surface area contributed by atoms with Crippen LogP contribution in [-0.2, 0) is 7.05 Å². The average molecular weight is 418 g/mol. The fourth-order valence-electron chi connectivity index (χ4n) is 2.76. The van der Waals surface area contributed by atoms with Crippen molar-refractivity contribution in [2.75, 3.05) is 7.05 Å². The third-order valence-corrected chi connectivity index (χ3v) is 4.55. The van der Waals surface area contributed by atoms with E-state index in [-0.39, 0.29) is 5.82 Å². The topological polar surface area (TPSA) is 45.8 Å². The van der Waals surface area contributed by atoms with Crippen LogP contribution >= 0.6 is 0 Å². The molecule has 2 rings (SSSR count). The number of aromatic nitrogens is 2. The Balaban J connectivity index is 2.37. The van der Waals surface area contributed by atoms with Crippen molar-refractivity contribution < 1.29 is 4.39 Å². The van der Waals surface area contributed by atoms with Crippen molar-refractivity contribution in [1.29, 1.82) is 0 Å². The summed E-state index contributed by atoms with van der Waals surface area (Å²) >= 11 is 0. The fraction of sp³-hybridized carbons (Fsp3) is 0.160. The SMILES string of the molecule is C=C/C=C(\C=C/N(C)C(=C)c1ccc(C)c(F)c1)C(/C=C\N=C)=Nc1cc(C)nn1C. The smallest absolute Gasteiger partial charge is 0.151 e. The predicted octanol–water partition coefficient (Wildman–Crippen LogP) is 5.69. The summed E-state index contributed by atoms with van der Waals surface area (Å²) in [5.74, 6) is 0.448. The molecule has 0 radical (unpaired) electrons. The summed E-state index contributed by atoms with van der Waals surface area (Å²) in [5, 5.41) is 4.34. The van der Waals surface area contributed by atoms with Gasteiger partial charge >= 0.3 is 0 Å². The van der Waals surface area contributed by atoms with Crippen LogP contribution in [0.5, 0.6) is 0 Å². The number of benzene rings is 1. The molecule has 0 aliphatic carbocycles. The molecule has 0 unspecified atom stereocenters. The van der Waals surface area contributed by atoms with E-state index < -0.39 is 0 Å². The fourth-order valence-corrected chi connectivity index (χ4v) is 2.76. The van der Waals surface area contributed by atoms with Crippen LogP contribution in [-0.4, -0.2) is 34.2 Å². The summed E-state index contributed by atoms with van der Waals surface area (Å²) in [6.45, 7) is 15.0. The second kappa shape index (κ2) is 10.8. The molecule has 0 aliphatic rings. The summed E-state index contributed by atoms with van der Waals surface area (Å²) in [6, 6.07) is 6.97. The highest BCUT2D eigenvalue weighted by Crippen LogP contribution is 2.20. The van der Waals surface area contributed by atoms with Crippen LogP contribution in [0.4, 0.5) is 10.2 Å². The van der Waals surface area contributed by atoms with Gasteiger partial charge in [0, 0.05) is 49.4 Å². The van der Waals surface area contributed by atoms with Crippen LogP contribution < -0.4 is 0 Å². The van der Waals surface area contributed by atoms with Crippen LogP contribution in [0.3, 0.4) is 0 Å². The summed E-state index contributed by atoms with van der Waals surface area (Å²) in [6.07, 6.45) is 10.6. The van der Waals surface area contributed by atoms with Crippen LogP contribution in [0, 0.1) is 19.7 Å². The van der Waals surface area contributed by atoms with Crippen LogP contribution in [0.2, 0.25) is 0 Å². The van der Waals surface area contributed by atoms with E-state index in [1.54, 1.807) is 36.0 Å². The summed E-state index contributed by atoms with van der Waals surface area (Å²) in [5.41, 5.74) is 4.30. The van der Waals surface area contributed by atoms with Gasteiger partial charge in [-0.15, -0.1) is 0 Å². The van der Waals surface area contributed by atoms with Gasteiger partial charge in [-0.3, -0.25) is 9.67 Å². The Bertz CT molecular complexity index is 1100. The summed E-state index contributed by atoms with van der Waals surface area (Å²) in [7, 11) is 3.69. The standard InChI is InChI=1S/C25H28FN5/c1-8-9-21(24(12-14-27-5)28-25-16-19(3)29-31(25)7)13-15-30(6)20(4)22-11-10-18(2)23(26)17-22/h8-17H,1,4-5H2,2-3,6-7H3/b14-12-,15-13-,21-9+,28-24?. The van der Waals surface area contributed by atoms with E-state index in [4.69, 9.17) is 4.99 Å². The first kappa shape index (κ1) is 23.5. The predicted molar refractivity (Wildman–Crippen MR) is 129 cm³/mol. The molecule has 0 amide bonds. The zero-order valence-electron chi connectivity index (χ0n) is 18.5. The van der Waals surface area contributed by atoms with E-state index in [2.05, 4.69) is 30.0 Å². The van der Waals surface area contributed by atoms with Crippen molar-refractivity contribution >= 4 is 23.9 Å². The molecule has 1 aromatic carbocycles. The van der Waals surface area contributed by atoms with Crippen LogP contribution in [0.1, 0.15) is 16.8 Å². The van der Waals surface area contributed by atoms with Crippen molar-refractivity contribution in [3.8, 4) is 0 Å². The van der Waals surface area contributed by atoms with Crippen molar-refractivity contribution in [2.24, 2.45) is 17.0 Å². The largest absolute Gasteiger partial charge is 0.351 e. The van der Waals surface area contributed by atoms with Gasteiger partial charge in [-0.2, -0.15) is 5.10 Å². The zero-order chi connectivity index (χ0) is 23.0. The van der Waals surface area contributed by atoms with Crippen molar-refractivity contribution in [2.45, 2.75) is 13.8 Å². The highest BCUT2D eigenvalue weighted by atomic mass is 19.1. The highest BCUT2D eigenvalue weighted by molar-refractivity contribution is 6.11. The third-order valence-electron chi connectivity index (χ3n) is 4.55. The minimum absolute atomic E-state index is 0.258. The van der Waals surface area contributed by atoms with Gasteiger partial charge < -0.3 is 4.90 Å². The molecule has 1 aromatic heterocycles. The van der Waals surface area contributed by atoms with Gasteiger partial charge in [0.2, 0.25) is 0 Å². The van der Waals surface area contributed by atoms with E-state index in [1.165, 1.54) is 6.07 Å². The molecule has 5 nitrogen and oxygen atoms in total. The lowest BCUT2D eigenvalue weighted by atomic mass is 10.1. The number of rotatable bonds is 9. The molecule has 0 aliphatic heterocycles. The maximum absolute atomic E-state index is 13.9. The van der Waals surface area contributed by atoms with Gasteiger partial charge in [0.15, 0.2) is 5.82 Å². The van der Waals surface area contributed by atoms with Crippen molar-refractivity contribution in [1.82, 2.24) is 14.7 Å². The Labute approximate surface area is 183 Å². The average Bonchev–Trinajstić information content (AvgIpc) is 3.06.